The van der Waals surface area contributed by atoms with Gasteiger partial charge < -0.3 is 15.0 Å². The Morgan fingerprint density at radius 1 is 1.29 bits per heavy atom. The molecule has 1 aromatic heterocycles. The summed E-state index contributed by atoms with van der Waals surface area (Å²) < 4.78 is 4.99. The van der Waals surface area contributed by atoms with Gasteiger partial charge in [0.2, 0.25) is 0 Å². The van der Waals surface area contributed by atoms with Crippen LogP contribution in [0.4, 0.5) is 11.5 Å². The van der Waals surface area contributed by atoms with Crippen molar-refractivity contribution in [1.29, 1.82) is 0 Å². The molecule has 0 bridgehead atoms. The predicted molar refractivity (Wildman–Crippen MR) is 96.9 cm³/mol. The van der Waals surface area contributed by atoms with Crippen LogP contribution in [0.1, 0.15) is 29.3 Å². The van der Waals surface area contributed by atoms with Crippen LogP contribution in [0.15, 0.2) is 42.6 Å². The highest BCUT2D eigenvalue weighted by Crippen LogP contribution is 2.24. The summed E-state index contributed by atoms with van der Waals surface area (Å²) in [6.07, 6.45) is 2.47. The number of carbonyl (C=O) groups is 1. The zero-order valence-electron chi connectivity index (χ0n) is 14.6. The maximum Gasteiger partial charge on any atom is 0.251 e. The Morgan fingerprint density at radius 3 is 2.83 bits per heavy atom. The lowest BCUT2D eigenvalue weighted by atomic mass is 10.2. The van der Waals surface area contributed by atoms with E-state index in [1.807, 2.05) is 12.1 Å². The minimum absolute atomic E-state index is 0.0879. The summed E-state index contributed by atoms with van der Waals surface area (Å²) in [6.45, 7) is 6.14. The minimum Gasteiger partial charge on any atom is -0.385 e. The van der Waals surface area contributed by atoms with Crippen molar-refractivity contribution in [2.24, 2.45) is 0 Å². The second-order valence-corrected chi connectivity index (χ2v) is 5.59. The van der Waals surface area contributed by atoms with Gasteiger partial charge in [0.25, 0.3) is 5.91 Å². The van der Waals surface area contributed by atoms with Gasteiger partial charge in [-0.1, -0.05) is 12.1 Å². The van der Waals surface area contributed by atoms with Gasteiger partial charge in [0, 0.05) is 44.3 Å². The highest BCUT2D eigenvalue weighted by Gasteiger charge is 2.12. The molecule has 5 heteroatoms. The van der Waals surface area contributed by atoms with Crippen molar-refractivity contribution in [2.45, 2.75) is 20.3 Å². The largest absolute Gasteiger partial charge is 0.385 e. The number of ether oxygens (including phenoxy) is 1. The van der Waals surface area contributed by atoms with E-state index in [1.54, 1.807) is 19.4 Å². The first-order valence-corrected chi connectivity index (χ1v) is 8.23. The van der Waals surface area contributed by atoms with Crippen LogP contribution >= 0.6 is 0 Å². The normalized spacial score (nSPS) is 10.5. The van der Waals surface area contributed by atoms with Crippen LogP contribution in [0.2, 0.25) is 0 Å². The van der Waals surface area contributed by atoms with Crippen LogP contribution in [0.3, 0.4) is 0 Å². The van der Waals surface area contributed by atoms with Gasteiger partial charge in [-0.2, -0.15) is 0 Å². The predicted octanol–water partition coefficient (Wildman–Crippen LogP) is 3.31. The Morgan fingerprint density at radius 2 is 2.12 bits per heavy atom. The minimum atomic E-state index is -0.0879. The second-order valence-electron chi connectivity index (χ2n) is 5.59. The van der Waals surface area contributed by atoms with E-state index in [0.717, 1.165) is 24.5 Å². The molecule has 1 heterocycles. The summed E-state index contributed by atoms with van der Waals surface area (Å²) >= 11 is 0. The molecule has 0 atom stereocenters. The molecule has 0 radical (unpaired) electrons. The summed E-state index contributed by atoms with van der Waals surface area (Å²) in [5, 5.41) is 2.90. The number of carbonyl (C=O) groups excluding carboxylic acids is 1. The average Bonchev–Trinajstić information content (AvgIpc) is 2.60. The first-order chi connectivity index (χ1) is 11.7. The number of anilines is 2. The van der Waals surface area contributed by atoms with Gasteiger partial charge in [0.15, 0.2) is 0 Å². The molecule has 24 heavy (non-hydrogen) atoms. The molecule has 0 fully saturated rings. The van der Waals surface area contributed by atoms with Crippen molar-refractivity contribution in [1.82, 2.24) is 10.3 Å². The van der Waals surface area contributed by atoms with E-state index >= 15 is 0 Å². The number of amides is 1. The summed E-state index contributed by atoms with van der Waals surface area (Å²) in [6, 6.07) is 11.8. The van der Waals surface area contributed by atoms with E-state index in [4.69, 9.17) is 4.74 Å². The molecule has 1 N–H and O–H groups in total. The molecule has 1 amide bonds. The molecule has 0 unspecified atom stereocenters. The van der Waals surface area contributed by atoms with E-state index in [0.29, 0.717) is 18.7 Å². The molecule has 5 nitrogen and oxygen atoms in total. The summed E-state index contributed by atoms with van der Waals surface area (Å²) in [5.74, 6) is 0.683. The zero-order valence-corrected chi connectivity index (χ0v) is 14.6. The summed E-state index contributed by atoms with van der Waals surface area (Å²) in [5.41, 5.74) is 2.88. The van der Waals surface area contributed by atoms with E-state index in [2.05, 4.69) is 47.2 Å². The second kappa shape index (κ2) is 9.03. The average molecular weight is 327 g/mol. The van der Waals surface area contributed by atoms with Crippen LogP contribution in [-0.4, -0.2) is 37.7 Å². The molecule has 1 aromatic carbocycles. The van der Waals surface area contributed by atoms with Crippen LogP contribution < -0.4 is 10.2 Å². The number of nitrogens with one attached hydrogen (secondary N) is 1. The first kappa shape index (κ1) is 17.9. The summed E-state index contributed by atoms with van der Waals surface area (Å²) in [7, 11) is 1.65. The lowest BCUT2D eigenvalue weighted by Crippen LogP contribution is -2.26. The molecule has 128 valence electrons. The number of benzene rings is 1. The van der Waals surface area contributed by atoms with E-state index < -0.39 is 0 Å². The molecule has 0 spiro atoms. The number of nitrogens with zero attached hydrogens (tertiary/aromatic N) is 2. The van der Waals surface area contributed by atoms with Crippen molar-refractivity contribution in [3.05, 3.63) is 53.7 Å². The quantitative estimate of drug-likeness (QED) is 0.756. The molecular formula is C19H25N3O2. The van der Waals surface area contributed by atoms with Gasteiger partial charge in [-0.25, -0.2) is 4.98 Å². The van der Waals surface area contributed by atoms with Crippen molar-refractivity contribution < 1.29 is 9.53 Å². The maximum atomic E-state index is 12.3. The number of aryl methyl sites for hydroxylation is 1. The number of hydrogen-bond acceptors (Lipinski definition) is 4. The van der Waals surface area contributed by atoms with Gasteiger partial charge in [-0.15, -0.1) is 0 Å². The van der Waals surface area contributed by atoms with Gasteiger partial charge in [0.1, 0.15) is 5.82 Å². The molecule has 0 saturated heterocycles. The molecule has 0 aliphatic carbocycles. The zero-order chi connectivity index (χ0) is 17.4. The van der Waals surface area contributed by atoms with E-state index in [9.17, 15) is 4.79 Å². The van der Waals surface area contributed by atoms with Crippen LogP contribution in [0, 0.1) is 6.92 Å². The number of methoxy groups -OCH3 is 1. The molecular weight excluding hydrogens is 302 g/mol. The van der Waals surface area contributed by atoms with Gasteiger partial charge >= 0.3 is 0 Å². The number of hydrogen-bond donors (Lipinski definition) is 1. The summed E-state index contributed by atoms with van der Waals surface area (Å²) in [4.78, 5) is 18.8. The molecule has 2 rings (SSSR count). The third-order valence-corrected chi connectivity index (χ3v) is 3.72. The van der Waals surface area contributed by atoms with E-state index in [1.165, 1.54) is 5.56 Å². The topological polar surface area (TPSA) is 54.5 Å². The van der Waals surface area contributed by atoms with Crippen LogP contribution in [0.5, 0.6) is 0 Å². The fourth-order valence-corrected chi connectivity index (χ4v) is 2.50. The fourth-order valence-electron chi connectivity index (χ4n) is 2.50. The lowest BCUT2D eigenvalue weighted by Gasteiger charge is -2.23. The Bertz CT molecular complexity index is 673. The van der Waals surface area contributed by atoms with Gasteiger partial charge in [-0.3, -0.25) is 4.79 Å². The smallest absolute Gasteiger partial charge is 0.251 e. The van der Waals surface area contributed by atoms with Gasteiger partial charge in [0.05, 0.1) is 0 Å². The van der Waals surface area contributed by atoms with Crippen LogP contribution in [-0.2, 0) is 4.74 Å². The molecule has 2 aromatic rings. The molecule has 0 saturated carbocycles. The van der Waals surface area contributed by atoms with E-state index in [-0.39, 0.29) is 5.91 Å². The van der Waals surface area contributed by atoms with Crippen molar-refractivity contribution >= 4 is 17.4 Å². The fraction of sp³-hybridized carbons (Fsp3) is 0.368. The lowest BCUT2D eigenvalue weighted by molar-refractivity contribution is 0.0948. The highest BCUT2D eigenvalue weighted by molar-refractivity contribution is 5.95. The first-order valence-electron chi connectivity index (χ1n) is 8.23. The Balaban J connectivity index is 2.14. The third kappa shape index (κ3) is 4.80. The number of aromatic nitrogens is 1. The molecule has 0 aliphatic heterocycles. The van der Waals surface area contributed by atoms with Gasteiger partial charge in [-0.05, 0) is 50.1 Å². The number of pyridine rings is 1. The SMILES string of the molecule is CCN(c1cccc(C)c1)c1cc(C(=O)NCCCOC)ccn1. The monoisotopic (exact) mass is 327 g/mol. The third-order valence-electron chi connectivity index (χ3n) is 3.72. The highest BCUT2D eigenvalue weighted by atomic mass is 16.5. The standard InChI is InChI=1S/C19H25N3O2/c1-4-22(17-8-5-7-15(2)13-17)18-14-16(9-11-20-18)19(23)21-10-6-12-24-3/h5,7-9,11,13-14H,4,6,10,12H2,1-3H3,(H,21,23). The van der Waals surface area contributed by atoms with Crippen molar-refractivity contribution in [3.8, 4) is 0 Å². The Hall–Kier alpha value is -2.40. The van der Waals surface area contributed by atoms with Crippen molar-refractivity contribution in [3.63, 3.8) is 0 Å². The van der Waals surface area contributed by atoms with Crippen LogP contribution in [0.25, 0.3) is 0 Å². The Labute approximate surface area is 143 Å². The van der Waals surface area contributed by atoms with Crippen molar-refractivity contribution in [2.75, 3.05) is 31.7 Å². The maximum absolute atomic E-state index is 12.3. The Kier molecular flexibility index (Phi) is 6.75. The molecule has 0 aliphatic rings. The number of rotatable bonds is 8.